The van der Waals surface area contributed by atoms with Gasteiger partial charge in [-0.15, -0.1) is 11.3 Å². The first-order valence-corrected chi connectivity index (χ1v) is 9.71. The summed E-state index contributed by atoms with van der Waals surface area (Å²) >= 11 is 1.25. The van der Waals surface area contributed by atoms with Crippen molar-refractivity contribution in [3.8, 4) is 10.6 Å². The molecule has 0 atom stereocenters. The fourth-order valence-corrected chi connectivity index (χ4v) is 4.15. The minimum absolute atomic E-state index is 0.103. The Morgan fingerprint density at radius 1 is 1.44 bits per heavy atom. The van der Waals surface area contributed by atoms with Crippen molar-refractivity contribution >= 4 is 33.9 Å². The molecule has 1 aromatic carbocycles. The molecule has 0 N–H and O–H groups in total. The average Bonchev–Trinajstić information content (AvgIpc) is 3.25. The molecule has 0 amide bonds. The van der Waals surface area contributed by atoms with Crippen molar-refractivity contribution in [1.29, 1.82) is 0 Å². The van der Waals surface area contributed by atoms with Gasteiger partial charge in [-0.3, -0.25) is 10.1 Å². The van der Waals surface area contributed by atoms with Crippen molar-refractivity contribution in [1.82, 2.24) is 9.55 Å². The first-order valence-electron chi connectivity index (χ1n) is 8.90. The van der Waals surface area contributed by atoms with Crippen molar-refractivity contribution in [3.05, 3.63) is 45.1 Å². The van der Waals surface area contributed by atoms with Crippen molar-refractivity contribution in [2.24, 2.45) is 5.92 Å². The van der Waals surface area contributed by atoms with Gasteiger partial charge in [0.2, 0.25) is 0 Å². The molecule has 1 fully saturated rings. The van der Waals surface area contributed by atoms with Crippen LogP contribution in [0.3, 0.4) is 0 Å². The summed E-state index contributed by atoms with van der Waals surface area (Å²) in [4.78, 5) is 28.1. The number of ether oxygens (including phenoxy) is 1. The molecular formula is C19H19N3O4S. The number of nitro groups is 1. The van der Waals surface area contributed by atoms with Gasteiger partial charge in [0, 0.05) is 12.1 Å². The lowest BCUT2D eigenvalue weighted by molar-refractivity contribution is -0.383. The molecule has 140 valence electrons. The summed E-state index contributed by atoms with van der Waals surface area (Å²) in [7, 11) is 0. The van der Waals surface area contributed by atoms with E-state index in [4.69, 9.17) is 4.74 Å². The van der Waals surface area contributed by atoms with Crippen LogP contribution < -0.4 is 0 Å². The highest BCUT2D eigenvalue weighted by atomic mass is 32.1. The second-order valence-electron chi connectivity index (χ2n) is 6.75. The Kier molecular flexibility index (Phi) is 4.43. The van der Waals surface area contributed by atoms with Gasteiger partial charge < -0.3 is 9.30 Å². The molecule has 0 bridgehead atoms. The molecule has 3 aromatic rings. The summed E-state index contributed by atoms with van der Waals surface area (Å²) < 4.78 is 7.04. The maximum Gasteiger partial charge on any atom is 0.350 e. The molecule has 0 spiro atoms. The molecule has 0 unspecified atom stereocenters. The number of hydrogen-bond donors (Lipinski definition) is 0. The Bertz CT molecular complexity index is 1050. The minimum atomic E-state index is -0.388. The molecule has 7 nitrogen and oxygen atoms in total. The largest absolute Gasteiger partial charge is 0.462 e. The van der Waals surface area contributed by atoms with Crippen LogP contribution in [0, 0.1) is 23.0 Å². The summed E-state index contributed by atoms with van der Waals surface area (Å²) in [6, 6.07) is 5.60. The summed E-state index contributed by atoms with van der Waals surface area (Å²) in [5.74, 6) is 0.232. The number of aromatic nitrogens is 2. The highest BCUT2D eigenvalue weighted by Gasteiger charge is 2.26. The zero-order chi connectivity index (χ0) is 19.1. The molecule has 4 rings (SSSR count). The highest BCUT2D eigenvalue weighted by Crippen LogP contribution is 2.37. The Morgan fingerprint density at radius 2 is 2.22 bits per heavy atom. The molecule has 1 aliphatic carbocycles. The summed E-state index contributed by atoms with van der Waals surface area (Å²) in [6.45, 7) is 4.64. The maximum absolute atomic E-state index is 12.0. The number of fused-ring (bicyclic) bond motifs is 1. The fourth-order valence-electron chi connectivity index (χ4n) is 3.19. The van der Waals surface area contributed by atoms with Crippen LogP contribution in [0.5, 0.6) is 0 Å². The summed E-state index contributed by atoms with van der Waals surface area (Å²) in [5.41, 5.74) is 2.33. The van der Waals surface area contributed by atoms with E-state index < -0.39 is 0 Å². The molecule has 0 radical (unpaired) electrons. The SMILES string of the molecule is CCOC(=O)c1sc(-c2ccc3c(c2)c([N+](=O)[O-])cn3CC2CC2)nc1C. The zero-order valence-corrected chi connectivity index (χ0v) is 15.9. The topological polar surface area (TPSA) is 87.3 Å². The lowest BCUT2D eigenvalue weighted by atomic mass is 10.1. The number of carbonyl (C=O) groups is 1. The van der Waals surface area contributed by atoms with Gasteiger partial charge in [0.05, 0.1) is 34.3 Å². The fraction of sp³-hybridized carbons (Fsp3) is 0.368. The van der Waals surface area contributed by atoms with Gasteiger partial charge in [-0.25, -0.2) is 9.78 Å². The molecule has 27 heavy (non-hydrogen) atoms. The van der Waals surface area contributed by atoms with Crippen LogP contribution in [0.2, 0.25) is 0 Å². The smallest absolute Gasteiger partial charge is 0.350 e. The third kappa shape index (κ3) is 3.32. The second kappa shape index (κ2) is 6.77. The number of nitrogens with zero attached hydrogens (tertiary/aromatic N) is 3. The number of aryl methyl sites for hydroxylation is 1. The lowest BCUT2D eigenvalue weighted by Crippen LogP contribution is -2.03. The van der Waals surface area contributed by atoms with Crippen LogP contribution in [-0.2, 0) is 11.3 Å². The van der Waals surface area contributed by atoms with Gasteiger partial charge >= 0.3 is 5.97 Å². The molecular weight excluding hydrogens is 366 g/mol. The predicted octanol–water partition coefficient (Wildman–Crippen LogP) is 4.57. The van der Waals surface area contributed by atoms with Gasteiger partial charge in [0.25, 0.3) is 5.69 Å². The first-order chi connectivity index (χ1) is 13.0. The number of carbonyl (C=O) groups excluding carboxylic acids is 1. The zero-order valence-electron chi connectivity index (χ0n) is 15.1. The van der Waals surface area contributed by atoms with Gasteiger partial charge in [-0.2, -0.15) is 0 Å². The van der Waals surface area contributed by atoms with E-state index in [9.17, 15) is 14.9 Å². The number of benzene rings is 1. The van der Waals surface area contributed by atoms with Crippen LogP contribution in [0.1, 0.15) is 35.1 Å². The Hall–Kier alpha value is -2.74. The van der Waals surface area contributed by atoms with Gasteiger partial charge in [-0.05, 0) is 50.8 Å². The van der Waals surface area contributed by atoms with E-state index in [2.05, 4.69) is 4.98 Å². The molecule has 2 aromatic heterocycles. The third-order valence-electron chi connectivity index (χ3n) is 4.71. The van der Waals surface area contributed by atoms with E-state index in [1.807, 2.05) is 16.7 Å². The van der Waals surface area contributed by atoms with E-state index in [1.165, 1.54) is 24.2 Å². The van der Waals surface area contributed by atoms with Gasteiger partial charge in [0.15, 0.2) is 0 Å². The van der Waals surface area contributed by atoms with E-state index in [1.54, 1.807) is 26.1 Å². The van der Waals surface area contributed by atoms with E-state index in [0.29, 0.717) is 33.5 Å². The van der Waals surface area contributed by atoms with Crippen molar-refractivity contribution in [2.45, 2.75) is 33.2 Å². The quantitative estimate of drug-likeness (QED) is 0.352. The first kappa shape index (κ1) is 17.7. The van der Waals surface area contributed by atoms with E-state index in [0.717, 1.165) is 17.6 Å². The second-order valence-corrected chi connectivity index (χ2v) is 7.75. The summed E-state index contributed by atoms with van der Waals surface area (Å²) in [6.07, 6.45) is 3.99. The van der Waals surface area contributed by atoms with E-state index in [-0.39, 0.29) is 16.6 Å². The van der Waals surface area contributed by atoms with Gasteiger partial charge in [-0.1, -0.05) is 0 Å². The Morgan fingerprint density at radius 3 is 2.89 bits per heavy atom. The van der Waals surface area contributed by atoms with Crippen molar-refractivity contribution in [3.63, 3.8) is 0 Å². The predicted molar refractivity (Wildman–Crippen MR) is 103 cm³/mol. The molecule has 1 aliphatic rings. The molecule has 0 aliphatic heterocycles. The normalized spacial score (nSPS) is 13.9. The molecule has 2 heterocycles. The van der Waals surface area contributed by atoms with Gasteiger partial charge in [0.1, 0.15) is 9.88 Å². The van der Waals surface area contributed by atoms with Crippen LogP contribution in [0.15, 0.2) is 24.4 Å². The molecule has 1 saturated carbocycles. The van der Waals surface area contributed by atoms with Crippen LogP contribution in [0.4, 0.5) is 5.69 Å². The Balaban J connectivity index is 1.77. The Labute approximate surface area is 159 Å². The number of esters is 1. The van der Waals surface area contributed by atoms with Crippen molar-refractivity contribution in [2.75, 3.05) is 6.61 Å². The standard InChI is InChI=1S/C19H19N3O4S/c1-3-26-19(23)17-11(2)20-18(27-17)13-6-7-15-14(8-13)16(22(24)25)10-21(15)9-12-4-5-12/h6-8,10,12H,3-5,9H2,1-2H3. The molecule has 8 heteroatoms. The maximum atomic E-state index is 12.0. The number of rotatable bonds is 6. The van der Waals surface area contributed by atoms with Crippen LogP contribution in [0.25, 0.3) is 21.5 Å². The average molecular weight is 385 g/mol. The lowest BCUT2D eigenvalue weighted by Gasteiger charge is -2.03. The monoisotopic (exact) mass is 385 g/mol. The van der Waals surface area contributed by atoms with E-state index >= 15 is 0 Å². The van der Waals surface area contributed by atoms with Crippen LogP contribution >= 0.6 is 11.3 Å². The molecule has 0 saturated heterocycles. The highest BCUT2D eigenvalue weighted by molar-refractivity contribution is 7.17. The van der Waals surface area contributed by atoms with Crippen LogP contribution in [-0.4, -0.2) is 27.1 Å². The van der Waals surface area contributed by atoms with Crippen molar-refractivity contribution < 1.29 is 14.5 Å². The minimum Gasteiger partial charge on any atom is -0.462 e. The summed E-state index contributed by atoms with van der Waals surface area (Å²) in [5, 5.41) is 12.8. The number of thiazole rings is 1. The third-order valence-corrected chi connectivity index (χ3v) is 5.90. The number of hydrogen-bond acceptors (Lipinski definition) is 6.